The Morgan fingerprint density at radius 1 is 0.743 bits per heavy atom. The summed E-state index contributed by atoms with van der Waals surface area (Å²) in [4.78, 5) is 0. The number of fused-ring (bicyclic) bond motifs is 1. The van der Waals surface area contributed by atoms with Crippen LogP contribution in [0.1, 0.15) is 24.6 Å². The third-order valence-corrected chi connectivity index (χ3v) is 6.28. The largest absolute Gasteiger partial charge is 0.356 e. The average Bonchev–Trinajstić information content (AvgIpc) is 3.22. The quantitative estimate of drug-likeness (QED) is 0.231. The first-order valence-electron chi connectivity index (χ1n) is 12.2. The predicted molar refractivity (Wildman–Crippen MR) is 152 cm³/mol. The van der Waals surface area contributed by atoms with Crippen LogP contribution in [0.15, 0.2) is 122 Å². The summed E-state index contributed by atoms with van der Waals surface area (Å²) in [6, 6.07) is 36.4. The van der Waals surface area contributed by atoms with Gasteiger partial charge in [0.15, 0.2) is 0 Å². The van der Waals surface area contributed by atoms with Crippen LogP contribution in [0.5, 0.6) is 0 Å². The number of allylic oxidation sites excluding steroid dienone is 2. The molecule has 0 radical (unpaired) electrons. The van der Waals surface area contributed by atoms with Crippen LogP contribution < -0.4 is 5.32 Å². The molecule has 1 N–H and O–H groups in total. The Labute approximate surface area is 207 Å². The first kappa shape index (κ1) is 22.5. The van der Waals surface area contributed by atoms with E-state index in [2.05, 4.69) is 120 Å². The number of rotatable bonds is 8. The second-order valence-corrected chi connectivity index (χ2v) is 8.63. The Morgan fingerprint density at radius 2 is 1.37 bits per heavy atom. The lowest BCUT2D eigenvalue weighted by atomic mass is 10.0. The van der Waals surface area contributed by atoms with Crippen LogP contribution in [0.25, 0.3) is 33.8 Å². The molecule has 35 heavy (non-hydrogen) atoms. The average molecular weight is 455 g/mol. The van der Waals surface area contributed by atoms with E-state index in [1.807, 2.05) is 24.3 Å². The van der Waals surface area contributed by atoms with Crippen molar-refractivity contribution in [2.24, 2.45) is 0 Å². The van der Waals surface area contributed by atoms with Gasteiger partial charge in [-0.3, -0.25) is 0 Å². The zero-order valence-electron chi connectivity index (χ0n) is 20.1. The number of hydrogen-bond donors (Lipinski definition) is 1. The third-order valence-electron chi connectivity index (χ3n) is 6.28. The third kappa shape index (κ3) is 4.69. The summed E-state index contributed by atoms with van der Waals surface area (Å²) in [5, 5.41) is 4.73. The molecule has 0 atom stereocenters. The highest BCUT2D eigenvalue weighted by atomic mass is 15.0. The van der Waals surface area contributed by atoms with Crippen molar-refractivity contribution >= 4 is 28.4 Å². The molecule has 5 rings (SSSR count). The molecule has 4 aromatic carbocycles. The standard InChI is InChI=1S/C33H30N2/c1-3-5-14-30-31-15-9-10-16-33(31)35(32(30)11-4-2)29-23-19-26(20-24-29)25-17-21-28(22-18-25)34-27-12-7-6-8-13-27/h4-10,12-24,34H,2-3,11H2,1H3/b14-5-. The highest BCUT2D eigenvalue weighted by Crippen LogP contribution is 2.32. The van der Waals surface area contributed by atoms with E-state index in [-0.39, 0.29) is 0 Å². The van der Waals surface area contributed by atoms with Gasteiger partial charge in [-0.25, -0.2) is 0 Å². The minimum atomic E-state index is 0.815. The first-order valence-corrected chi connectivity index (χ1v) is 12.2. The van der Waals surface area contributed by atoms with Crippen molar-refractivity contribution in [1.82, 2.24) is 4.57 Å². The molecular formula is C33H30N2. The Morgan fingerprint density at radius 3 is 2.06 bits per heavy atom. The number of aromatic nitrogens is 1. The Kier molecular flexibility index (Phi) is 6.63. The fourth-order valence-electron chi connectivity index (χ4n) is 4.61. The van der Waals surface area contributed by atoms with Crippen molar-refractivity contribution in [3.8, 4) is 16.8 Å². The van der Waals surface area contributed by atoms with E-state index in [1.54, 1.807) is 0 Å². The van der Waals surface area contributed by atoms with Crippen LogP contribution in [0, 0.1) is 0 Å². The van der Waals surface area contributed by atoms with Crippen LogP contribution in [-0.2, 0) is 6.42 Å². The van der Waals surface area contributed by atoms with Crippen molar-refractivity contribution in [2.75, 3.05) is 5.32 Å². The van der Waals surface area contributed by atoms with Gasteiger partial charge in [-0.1, -0.05) is 85.8 Å². The van der Waals surface area contributed by atoms with E-state index < -0.39 is 0 Å². The molecule has 2 nitrogen and oxygen atoms in total. The number of para-hydroxylation sites is 2. The molecule has 5 aromatic rings. The molecule has 1 heterocycles. The van der Waals surface area contributed by atoms with Crippen molar-refractivity contribution in [3.05, 3.63) is 133 Å². The van der Waals surface area contributed by atoms with Gasteiger partial charge in [0.2, 0.25) is 0 Å². The molecule has 0 unspecified atom stereocenters. The summed E-state index contributed by atoms with van der Waals surface area (Å²) >= 11 is 0. The molecule has 2 heteroatoms. The summed E-state index contributed by atoms with van der Waals surface area (Å²) < 4.78 is 2.38. The van der Waals surface area contributed by atoms with Crippen LogP contribution >= 0.6 is 0 Å². The van der Waals surface area contributed by atoms with Crippen molar-refractivity contribution in [2.45, 2.75) is 19.8 Å². The van der Waals surface area contributed by atoms with E-state index in [9.17, 15) is 0 Å². The summed E-state index contributed by atoms with van der Waals surface area (Å²) in [5.41, 5.74) is 9.52. The zero-order chi connectivity index (χ0) is 24.0. The second kappa shape index (κ2) is 10.3. The molecule has 0 saturated heterocycles. The van der Waals surface area contributed by atoms with Gasteiger partial charge in [-0.2, -0.15) is 0 Å². The molecule has 1 aromatic heterocycles. The molecule has 0 bridgehead atoms. The van der Waals surface area contributed by atoms with Crippen molar-refractivity contribution in [3.63, 3.8) is 0 Å². The summed E-state index contributed by atoms with van der Waals surface area (Å²) in [6.07, 6.45) is 8.32. The van der Waals surface area contributed by atoms with E-state index in [0.717, 1.165) is 24.2 Å². The van der Waals surface area contributed by atoms with Crippen LogP contribution in [0.4, 0.5) is 11.4 Å². The van der Waals surface area contributed by atoms with Gasteiger partial charge in [0, 0.05) is 40.1 Å². The van der Waals surface area contributed by atoms with Gasteiger partial charge in [-0.15, -0.1) is 6.58 Å². The van der Waals surface area contributed by atoms with E-state index in [4.69, 9.17) is 0 Å². The fourth-order valence-corrected chi connectivity index (χ4v) is 4.61. The van der Waals surface area contributed by atoms with Gasteiger partial charge >= 0.3 is 0 Å². The van der Waals surface area contributed by atoms with Crippen molar-refractivity contribution in [1.29, 1.82) is 0 Å². The number of nitrogens with zero attached hydrogens (tertiary/aromatic N) is 1. The van der Waals surface area contributed by atoms with Crippen LogP contribution in [0.3, 0.4) is 0 Å². The van der Waals surface area contributed by atoms with Crippen LogP contribution in [0.2, 0.25) is 0 Å². The molecule has 0 spiro atoms. The van der Waals surface area contributed by atoms with Gasteiger partial charge in [0.1, 0.15) is 0 Å². The minimum Gasteiger partial charge on any atom is -0.356 e. The fraction of sp³-hybridized carbons (Fsp3) is 0.0909. The molecule has 0 aliphatic carbocycles. The minimum absolute atomic E-state index is 0.815. The normalized spacial score (nSPS) is 11.2. The lowest BCUT2D eigenvalue weighted by Gasteiger charge is -2.12. The lowest BCUT2D eigenvalue weighted by Crippen LogP contribution is -2.00. The first-order chi connectivity index (χ1) is 17.3. The Balaban J connectivity index is 1.48. The molecule has 0 amide bonds. The van der Waals surface area contributed by atoms with Gasteiger partial charge in [0.25, 0.3) is 0 Å². The topological polar surface area (TPSA) is 17.0 Å². The molecule has 0 aliphatic rings. The molecule has 0 fully saturated rings. The van der Waals surface area contributed by atoms with Crippen LogP contribution in [-0.4, -0.2) is 4.57 Å². The molecule has 0 aliphatic heterocycles. The molecule has 172 valence electrons. The van der Waals surface area contributed by atoms with Gasteiger partial charge < -0.3 is 9.88 Å². The second-order valence-electron chi connectivity index (χ2n) is 8.63. The smallest absolute Gasteiger partial charge is 0.0537 e. The van der Waals surface area contributed by atoms with Gasteiger partial charge in [-0.05, 0) is 60.0 Å². The predicted octanol–water partition coefficient (Wildman–Crippen LogP) is 9.19. The highest BCUT2D eigenvalue weighted by molar-refractivity contribution is 5.93. The summed E-state index contributed by atoms with van der Waals surface area (Å²) in [7, 11) is 0. The number of nitrogens with one attached hydrogen (secondary N) is 1. The SMILES string of the molecule is C=CCc1c(/C=C\CC)c2ccccc2n1-c1ccc(-c2ccc(Nc3ccccc3)cc2)cc1. The monoisotopic (exact) mass is 454 g/mol. The Hall–Kier alpha value is -4.30. The van der Waals surface area contributed by atoms with E-state index in [0.29, 0.717) is 0 Å². The molecular weight excluding hydrogens is 424 g/mol. The Bertz CT molecular complexity index is 1450. The van der Waals surface area contributed by atoms with E-state index in [1.165, 1.54) is 39.0 Å². The number of benzene rings is 4. The molecule has 0 saturated carbocycles. The highest BCUT2D eigenvalue weighted by Gasteiger charge is 2.15. The van der Waals surface area contributed by atoms with E-state index >= 15 is 0 Å². The maximum atomic E-state index is 4.03. The number of anilines is 2. The van der Waals surface area contributed by atoms with Crippen molar-refractivity contribution < 1.29 is 0 Å². The number of hydrogen-bond acceptors (Lipinski definition) is 1. The van der Waals surface area contributed by atoms with Gasteiger partial charge in [0.05, 0.1) is 5.52 Å². The maximum Gasteiger partial charge on any atom is 0.0537 e. The maximum absolute atomic E-state index is 4.03. The zero-order valence-corrected chi connectivity index (χ0v) is 20.1. The lowest BCUT2D eigenvalue weighted by molar-refractivity contribution is 1.00. The summed E-state index contributed by atoms with van der Waals surface area (Å²) in [6.45, 7) is 6.20. The summed E-state index contributed by atoms with van der Waals surface area (Å²) in [5.74, 6) is 0.